The molecule has 1 aromatic carbocycles. The van der Waals surface area contributed by atoms with Crippen molar-refractivity contribution in [3.8, 4) is 5.75 Å². The normalized spacial score (nSPS) is 15.7. The first-order valence-electron chi connectivity index (χ1n) is 5.57. The van der Waals surface area contributed by atoms with Gasteiger partial charge in [0.1, 0.15) is 11.6 Å². The smallest absolute Gasteiger partial charge is 0.142 e. The molecule has 0 unspecified atom stereocenters. The van der Waals surface area contributed by atoms with Crippen LogP contribution in [-0.2, 0) is 4.74 Å². The number of nitrogens with two attached hydrogens (primary N) is 1. The number of nitrogen functional groups attached to an aromatic ring is 1. The Hall–Kier alpha value is -1.75. The Kier molecular flexibility index (Phi) is 3.49. The fraction of sp³-hybridized carbons (Fsp3) is 0.417. The van der Waals surface area contributed by atoms with Crippen LogP contribution in [0.5, 0.6) is 5.75 Å². The van der Waals surface area contributed by atoms with Crippen molar-refractivity contribution < 1.29 is 9.47 Å². The molecule has 17 heavy (non-hydrogen) atoms. The molecule has 0 bridgehead atoms. The van der Waals surface area contributed by atoms with E-state index in [9.17, 15) is 0 Å². The zero-order valence-corrected chi connectivity index (χ0v) is 9.90. The number of anilines is 1. The average molecular weight is 235 g/mol. The minimum atomic E-state index is 0.0526. The molecule has 0 aromatic heterocycles. The van der Waals surface area contributed by atoms with E-state index in [0.717, 1.165) is 37.7 Å². The Morgan fingerprint density at radius 1 is 1.41 bits per heavy atom. The van der Waals surface area contributed by atoms with E-state index in [1.807, 2.05) is 12.1 Å². The molecule has 2 rings (SSSR count). The summed E-state index contributed by atoms with van der Waals surface area (Å²) in [7, 11) is 1.63. The molecule has 1 aromatic rings. The summed E-state index contributed by atoms with van der Waals surface area (Å²) < 4.78 is 10.7. The maximum absolute atomic E-state index is 7.41. The second kappa shape index (κ2) is 5.05. The Morgan fingerprint density at radius 2 is 2.12 bits per heavy atom. The van der Waals surface area contributed by atoms with Crippen molar-refractivity contribution in [3.63, 3.8) is 0 Å². The van der Waals surface area contributed by atoms with Gasteiger partial charge in [0.15, 0.2) is 0 Å². The highest BCUT2D eigenvalue weighted by atomic mass is 16.5. The highest BCUT2D eigenvalue weighted by molar-refractivity contribution is 5.96. The minimum absolute atomic E-state index is 0.0526. The highest BCUT2D eigenvalue weighted by Crippen LogP contribution is 2.29. The molecule has 0 radical (unpaired) electrons. The van der Waals surface area contributed by atoms with Crippen molar-refractivity contribution in [2.75, 3.05) is 38.3 Å². The van der Waals surface area contributed by atoms with Gasteiger partial charge in [-0.2, -0.15) is 0 Å². The first kappa shape index (κ1) is 11.7. The van der Waals surface area contributed by atoms with Crippen LogP contribution in [0.15, 0.2) is 18.2 Å². The van der Waals surface area contributed by atoms with Crippen LogP contribution in [0, 0.1) is 5.41 Å². The largest absolute Gasteiger partial charge is 0.495 e. The van der Waals surface area contributed by atoms with Gasteiger partial charge < -0.3 is 20.1 Å². The molecule has 0 spiro atoms. The molecule has 1 aliphatic rings. The molecule has 0 aliphatic carbocycles. The van der Waals surface area contributed by atoms with Crippen LogP contribution in [0.25, 0.3) is 0 Å². The van der Waals surface area contributed by atoms with Gasteiger partial charge in [0.25, 0.3) is 0 Å². The summed E-state index contributed by atoms with van der Waals surface area (Å²) in [5, 5.41) is 7.41. The van der Waals surface area contributed by atoms with E-state index >= 15 is 0 Å². The third-order valence-corrected chi connectivity index (χ3v) is 2.84. The van der Waals surface area contributed by atoms with E-state index in [-0.39, 0.29) is 5.84 Å². The van der Waals surface area contributed by atoms with E-state index in [1.165, 1.54) is 0 Å². The zero-order valence-electron chi connectivity index (χ0n) is 9.90. The molecule has 0 amide bonds. The summed E-state index contributed by atoms with van der Waals surface area (Å²) >= 11 is 0. The lowest BCUT2D eigenvalue weighted by Gasteiger charge is -2.30. The van der Waals surface area contributed by atoms with Crippen molar-refractivity contribution in [2.45, 2.75) is 0 Å². The van der Waals surface area contributed by atoms with Crippen molar-refractivity contribution in [1.82, 2.24) is 0 Å². The molecule has 0 atom stereocenters. The maximum Gasteiger partial charge on any atom is 0.142 e. The summed E-state index contributed by atoms with van der Waals surface area (Å²) in [6.45, 7) is 3.18. The van der Waals surface area contributed by atoms with Gasteiger partial charge >= 0.3 is 0 Å². The minimum Gasteiger partial charge on any atom is -0.495 e. The molecule has 1 saturated heterocycles. The van der Waals surface area contributed by atoms with E-state index < -0.39 is 0 Å². The van der Waals surface area contributed by atoms with Gasteiger partial charge in [0.05, 0.1) is 26.0 Å². The summed E-state index contributed by atoms with van der Waals surface area (Å²) in [4.78, 5) is 2.21. The molecule has 92 valence electrons. The van der Waals surface area contributed by atoms with E-state index in [1.54, 1.807) is 13.2 Å². The number of nitrogens with one attached hydrogen (secondary N) is 1. The van der Waals surface area contributed by atoms with Gasteiger partial charge in [-0.15, -0.1) is 0 Å². The fourth-order valence-electron chi connectivity index (χ4n) is 1.91. The number of benzene rings is 1. The number of methoxy groups -OCH3 is 1. The van der Waals surface area contributed by atoms with E-state index in [4.69, 9.17) is 20.6 Å². The van der Waals surface area contributed by atoms with Gasteiger partial charge in [-0.05, 0) is 18.2 Å². The first-order chi connectivity index (χ1) is 8.22. The molecule has 1 fully saturated rings. The van der Waals surface area contributed by atoms with Gasteiger partial charge in [-0.25, -0.2) is 0 Å². The second-order valence-electron chi connectivity index (χ2n) is 3.90. The van der Waals surface area contributed by atoms with Gasteiger partial charge in [0, 0.05) is 18.7 Å². The Bertz CT molecular complexity index is 414. The lowest BCUT2D eigenvalue weighted by atomic mass is 10.1. The SMILES string of the molecule is COc1cc(C(=N)N)ccc1N1CCOCC1. The van der Waals surface area contributed by atoms with Gasteiger partial charge in [-0.3, -0.25) is 5.41 Å². The van der Waals surface area contributed by atoms with E-state index in [2.05, 4.69) is 4.90 Å². The predicted molar refractivity (Wildman–Crippen MR) is 67.0 cm³/mol. The number of nitrogens with zero attached hydrogens (tertiary/aromatic N) is 1. The lowest BCUT2D eigenvalue weighted by molar-refractivity contribution is 0.122. The predicted octanol–water partition coefficient (Wildman–Crippen LogP) is 0.816. The Morgan fingerprint density at radius 3 is 2.71 bits per heavy atom. The van der Waals surface area contributed by atoms with Crippen LogP contribution in [0.4, 0.5) is 5.69 Å². The molecule has 1 aliphatic heterocycles. The van der Waals surface area contributed by atoms with Crippen LogP contribution >= 0.6 is 0 Å². The standard InChI is InChI=1S/C12H17N3O2/c1-16-11-8-9(12(13)14)2-3-10(11)15-4-6-17-7-5-15/h2-3,8H,4-7H2,1H3,(H3,13,14). The molecular weight excluding hydrogens is 218 g/mol. The number of hydrogen-bond acceptors (Lipinski definition) is 4. The molecule has 1 heterocycles. The Balaban J connectivity index is 2.29. The second-order valence-corrected chi connectivity index (χ2v) is 3.90. The summed E-state index contributed by atoms with van der Waals surface area (Å²) in [6, 6.07) is 5.59. The number of rotatable bonds is 3. The van der Waals surface area contributed by atoms with Crippen molar-refractivity contribution in [2.24, 2.45) is 5.73 Å². The summed E-state index contributed by atoms with van der Waals surface area (Å²) in [6.07, 6.45) is 0. The fourth-order valence-corrected chi connectivity index (χ4v) is 1.91. The van der Waals surface area contributed by atoms with Crippen molar-refractivity contribution in [1.29, 1.82) is 5.41 Å². The average Bonchev–Trinajstić information content (AvgIpc) is 2.39. The number of hydrogen-bond donors (Lipinski definition) is 2. The summed E-state index contributed by atoms with van der Waals surface area (Å²) in [5.41, 5.74) is 7.17. The molecule has 0 saturated carbocycles. The van der Waals surface area contributed by atoms with E-state index in [0.29, 0.717) is 5.56 Å². The summed E-state index contributed by atoms with van der Waals surface area (Å²) in [5.74, 6) is 0.802. The molecule has 3 N–H and O–H groups in total. The molecule has 5 nitrogen and oxygen atoms in total. The maximum atomic E-state index is 7.41. The number of ether oxygens (including phenoxy) is 2. The monoisotopic (exact) mass is 235 g/mol. The lowest BCUT2D eigenvalue weighted by Crippen LogP contribution is -2.36. The molecular formula is C12H17N3O2. The molecule has 5 heteroatoms. The van der Waals surface area contributed by atoms with Crippen LogP contribution in [0.1, 0.15) is 5.56 Å². The van der Waals surface area contributed by atoms with Gasteiger partial charge in [-0.1, -0.05) is 0 Å². The topological polar surface area (TPSA) is 71.6 Å². The van der Waals surface area contributed by atoms with Crippen molar-refractivity contribution >= 4 is 11.5 Å². The van der Waals surface area contributed by atoms with Crippen LogP contribution < -0.4 is 15.4 Å². The van der Waals surface area contributed by atoms with Crippen molar-refractivity contribution in [3.05, 3.63) is 23.8 Å². The van der Waals surface area contributed by atoms with Crippen LogP contribution in [0.3, 0.4) is 0 Å². The van der Waals surface area contributed by atoms with Gasteiger partial charge in [0.2, 0.25) is 0 Å². The van der Waals surface area contributed by atoms with Crippen LogP contribution in [-0.4, -0.2) is 39.2 Å². The highest BCUT2D eigenvalue weighted by Gasteiger charge is 2.16. The van der Waals surface area contributed by atoms with Crippen LogP contribution in [0.2, 0.25) is 0 Å². The third-order valence-electron chi connectivity index (χ3n) is 2.84. The first-order valence-corrected chi connectivity index (χ1v) is 5.57. The number of morpholine rings is 1. The third kappa shape index (κ3) is 2.50. The number of amidine groups is 1. The Labute approximate surface area is 101 Å². The zero-order chi connectivity index (χ0) is 12.3. The quantitative estimate of drug-likeness (QED) is 0.601.